The van der Waals surface area contributed by atoms with Gasteiger partial charge in [-0.15, -0.1) is 0 Å². The normalized spacial score (nSPS) is 10.4. The average molecular weight is 218 g/mol. The monoisotopic (exact) mass is 218 g/mol. The second-order valence-corrected chi connectivity index (χ2v) is 3.69. The fourth-order valence-electron chi connectivity index (χ4n) is 1.43. The van der Waals surface area contributed by atoms with Crippen molar-refractivity contribution >= 4 is 11.6 Å². The molecule has 0 amide bonds. The summed E-state index contributed by atoms with van der Waals surface area (Å²) >= 11 is 0. The van der Waals surface area contributed by atoms with Gasteiger partial charge in [-0.25, -0.2) is 9.97 Å². The van der Waals surface area contributed by atoms with Gasteiger partial charge in [-0.2, -0.15) is 5.10 Å². The van der Waals surface area contributed by atoms with Gasteiger partial charge in [0.05, 0.1) is 24.3 Å². The van der Waals surface area contributed by atoms with E-state index in [9.17, 15) is 0 Å². The fourth-order valence-corrected chi connectivity index (χ4v) is 1.43. The van der Waals surface area contributed by atoms with Crippen LogP contribution in [0.5, 0.6) is 0 Å². The minimum atomic E-state index is 0.568. The molecule has 2 aromatic rings. The van der Waals surface area contributed by atoms with Gasteiger partial charge in [-0.1, -0.05) is 0 Å². The molecule has 0 bridgehead atoms. The molecule has 6 nitrogen and oxygen atoms in total. The molecule has 0 aliphatic rings. The van der Waals surface area contributed by atoms with Crippen molar-refractivity contribution in [3.05, 3.63) is 30.4 Å². The quantitative estimate of drug-likeness (QED) is 0.808. The largest absolute Gasteiger partial charge is 0.396 e. The Morgan fingerprint density at radius 3 is 2.56 bits per heavy atom. The molecule has 0 radical (unpaired) electrons. The predicted octanol–water partition coefficient (Wildman–Crippen LogP) is 0.429. The van der Waals surface area contributed by atoms with E-state index in [1.54, 1.807) is 17.1 Å². The number of nitrogens with zero attached hydrogens (tertiary/aromatic N) is 5. The van der Waals surface area contributed by atoms with Crippen LogP contribution in [0.4, 0.5) is 11.6 Å². The molecule has 0 saturated heterocycles. The molecule has 0 aliphatic heterocycles. The molecule has 0 spiro atoms. The van der Waals surface area contributed by atoms with Crippen LogP contribution in [-0.2, 0) is 13.6 Å². The zero-order valence-corrected chi connectivity index (χ0v) is 9.33. The third kappa shape index (κ3) is 2.28. The zero-order chi connectivity index (χ0) is 11.5. The lowest BCUT2D eigenvalue weighted by molar-refractivity contribution is 0.766. The van der Waals surface area contributed by atoms with Gasteiger partial charge in [-0.05, 0) is 0 Å². The van der Waals surface area contributed by atoms with Gasteiger partial charge in [0, 0.05) is 32.4 Å². The van der Waals surface area contributed by atoms with Crippen LogP contribution < -0.4 is 10.6 Å². The average Bonchev–Trinajstić information content (AvgIpc) is 2.65. The van der Waals surface area contributed by atoms with E-state index in [1.165, 1.54) is 0 Å². The minimum Gasteiger partial charge on any atom is -0.396 e. The smallest absolute Gasteiger partial charge is 0.225 e. The third-order valence-corrected chi connectivity index (χ3v) is 2.18. The van der Waals surface area contributed by atoms with E-state index in [-0.39, 0.29) is 0 Å². The van der Waals surface area contributed by atoms with E-state index in [0.29, 0.717) is 11.6 Å². The number of anilines is 2. The predicted molar refractivity (Wildman–Crippen MR) is 61.8 cm³/mol. The molecule has 2 aromatic heterocycles. The highest BCUT2D eigenvalue weighted by atomic mass is 15.3. The first-order valence-electron chi connectivity index (χ1n) is 4.91. The Morgan fingerprint density at radius 1 is 1.31 bits per heavy atom. The number of aromatic nitrogens is 4. The summed E-state index contributed by atoms with van der Waals surface area (Å²) in [7, 11) is 3.82. The zero-order valence-electron chi connectivity index (χ0n) is 9.33. The number of nitrogens with two attached hydrogens (primary N) is 1. The number of nitrogen functional groups attached to an aromatic ring is 1. The van der Waals surface area contributed by atoms with Crippen molar-refractivity contribution in [1.29, 1.82) is 0 Å². The van der Waals surface area contributed by atoms with E-state index in [2.05, 4.69) is 15.1 Å². The van der Waals surface area contributed by atoms with Crippen LogP contribution in [0.3, 0.4) is 0 Å². The highest BCUT2D eigenvalue weighted by molar-refractivity contribution is 5.37. The van der Waals surface area contributed by atoms with Gasteiger partial charge in [0.1, 0.15) is 0 Å². The second kappa shape index (κ2) is 4.18. The van der Waals surface area contributed by atoms with Crippen molar-refractivity contribution in [2.75, 3.05) is 17.7 Å². The van der Waals surface area contributed by atoms with Gasteiger partial charge >= 0.3 is 0 Å². The Hall–Kier alpha value is -2.11. The summed E-state index contributed by atoms with van der Waals surface area (Å²) in [5.74, 6) is 0.651. The van der Waals surface area contributed by atoms with Gasteiger partial charge < -0.3 is 10.6 Å². The standard InChI is InChI=1S/C10H14N6/c1-15(6-8-3-14-16(2)7-8)10-12-4-9(11)5-13-10/h3-5,7H,6,11H2,1-2H3. The summed E-state index contributed by atoms with van der Waals surface area (Å²) in [4.78, 5) is 10.2. The lowest BCUT2D eigenvalue weighted by atomic mass is 10.3. The van der Waals surface area contributed by atoms with Crippen molar-refractivity contribution in [2.24, 2.45) is 7.05 Å². The first-order valence-corrected chi connectivity index (χ1v) is 4.91. The van der Waals surface area contributed by atoms with Crippen LogP contribution >= 0.6 is 0 Å². The third-order valence-electron chi connectivity index (χ3n) is 2.18. The van der Waals surface area contributed by atoms with Crippen LogP contribution in [-0.4, -0.2) is 26.8 Å². The van der Waals surface area contributed by atoms with Gasteiger partial charge in [0.15, 0.2) is 0 Å². The minimum absolute atomic E-state index is 0.568. The lowest BCUT2D eigenvalue weighted by Gasteiger charge is -2.15. The molecule has 84 valence electrons. The van der Waals surface area contributed by atoms with Crippen molar-refractivity contribution in [3.63, 3.8) is 0 Å². The molecule has 0 fully saturated rings. The number of aryl methyl sites for hydroxylation is 1. The molecule has 0 saturated carbocycles. The van der Waals surface area contributed by atoms with Gasteiger partial charge in [0.25, 0.3) is 0 Å². The fraction of sp³-hybridized carbons (Fsp3) is 0.300. The van der Waals surface area contributed by atoms with Crippen LogP contribution in [0.1, 0.15) is 5.56 Å². The number of hydrogen-bond acceptors (Lipinski definition) is 5. The van der Waals surface area contributed by atoms with E-state index >= 15 is 0 Å². The molecule has 0 aromatic carbocycles. The highest BCUT2D eigenvalue weighted by Gasteiger charge is 2.05. The Morgan fingerprint density at radius 2 is 2.00 bits per heavy atom. The van der Waals surface area contributed by atoms with Gasteiger partial charge in [-0.3, -0.25) is 4.68 Å². The van der Waals surface area contributed by atoms with Crippen LogP contribution in [0.25, 0.3) is 0 Å². The summed E-state index contributed by atoms with van der Waals surface area (Å²) in [6.07, 6.45) is 6.99. The Labute approximate surface area is 93.7 Å². The second-order valence-electron chi connectivity index (χ2n) is 3.69. The van der Waals surface area contributed by atoms with E-state index in [1.807, 2.05) is 31.4 Å². The molecule has 0 unspecified atom stereocenters. The summed E-state index contributed by atoms with van der Waals surface area (Å²) in [6.45, 7) is 0.720. The van der Waals surface area contributed by atoms with Crippen LogP contribution in [0.15, 0.2) is 24.8 Å². The van der Waals surface area contributed by atoms with Gasteiger partial charge in [0.2, 0.25) is 5.95 Å². The van der Waals surface area contributed by atoms with Crippen molar-refractivity contribution in [1.82, 2.24) is 19.7 Å². The van der Waals surface area contributed by atoms with E-state index < -0.39 is 0 Å². The number of hydrogen-bond donors (Lipinski definition) is 1. The summed E-state index contributed by atoms with van der Waals surface area (Å²) in [6, 6.07) is 0. The Bertz CT molecular complexity index is 460. The first kappa shape index (κ1) is 10.4. The van der Waals surface area contributed by atoms with E-state index in [0.717, 1.165) is 12.1 Å². The van der Waals surface area contributed by atoms with Crippen molar-refractivity contribution < 1.29 is 0 Å². The summed E-state index contributed by atoms with van der Waals surface area (Å²) in [5.41, 5.74) is 7.21. The molecule has 2 N–H and O–H groups in total. The first-order chi connectivity index (χ1) is 7.65. The topological polar surface area (TPSA) is 72.9 Å². The number of rotatable bonds is 3. The molecule has 16 heavy (non-hydrogen) atoms. The van der Waals surface area contributed by atoms with Crippen molar-refractivity contribution in [2.45, 2.75) is 6.54 Å². The molecule has 2 rings (SSSR count). The van der Waals surface area contributed by atoms with Crippen LogP contribution in [0.2, 0.25) is 0 Å². The lowest BCUT2D eigenvalue weighted by Crippen LogP contribution is -2.18. The van der Waals surface area contributed by atoms with Crippen molar-refractivity contribution in [3.8, 4) is 0 Å². The Balaban J connectivity index is 2.08. The molecular formula is C10H14N6. The molecule has 6 heteroatoms. The summed E-state index contributed by atoms with van der Waals surface area (Å²) < 4.78 is 1.77. The highest BCUT2D eigenvalue weighted by Crippen LogP contribution is 2.09. The maximum absolute atomic E-state index is 5.53. The molecule has 0 aliphatic carbocycles. The molecular weight excluding hydrogens is 204 g/mol. The summed E-state index contributed by atoms with van der Waals surface area (Å²) in [5, 5.41) is 4.11. The maximum atomic E-state index is 5.53. The Kier molecular flexibility index (Phi) is 2.72. The SMILES string of the molecule is CN(Cc1cnn(C)c1)c1ncc(N)cn1. The van der Waals surface area contributed by atoms with Crippen LogP contribution in [0, 0.1) is 0 Å². The molecule has 2 heterocycles. The van der Waals surface area contributed by atoms with E-state index in [4.69, 9.17) is 5.73 Å². The molecule has 0 atom stereocenters. The maximum Gasteiger partial charge on any atom is 0.225 e.